The van der Waals surface area contributed by atoms with E-state index >= 15 is 0 Å². The van der Waals surface area contributed by atoms with Crippen LogP contribution in [0.2, 0.25) is 0 Å². The van der Waals surface area contributed by atoms with E-state index in [0.29, 0.717) is 11.4 Å². The average Bonchev–Trinajstić information content (AvgIpc) is 2.63. The molecule has 1 heterocycles. The van der Waals surface area contributed by atoms with E-state index in [1.807, 2.05) is 23.8 Å². The molecule has 0 atom stereocenters. The second-order valence-corrected chi connectivity index (χ2v) is 4.03. The highest BCUT2D eigenvalue weighted by Crippen LogP contribution is 2.34. The van der Waals surface area contributed by atoms with Gasteiger partial charge in [0.25, 0.3) is 0 Å². The summed E-state index contributed by atoms with van der Waals surface area (Å²) >= 11 is 1.60. The molecule has 0 radical (unpaired) electrons. The maximum Gasteiger partial charge on any atom is 0.126 e. The summed E-state index contributed by atoms with van der Waals surface area (Å²) < 4.78 is 0. The Hall–Kier alpha value is -1.48. The van der Waals surface area contributed by atoms with Gasteiger partial charge in [-0.25, -0.2) is 0 Å². The molecule has 0 fully saturated rings. The lowest BCUT2D eigenvalue weighted by Crippen LogP contribution is -1.88. The molecule has 0 aliphatic heterocycles. The van der Waals surface area contributed by atoms with Crippen LogP contribution >= 0.6 is 11.3 Å². The highest BCUT2D eigenvalue weighted by Gasteiger charge is 2.07. The van der Waals surface area contributed by atoms with E-state index in [9.17, 15) is 5.11 Å². The Morgan fingerprint density at radius 1 is 1.36 bits per heavy atom. The standard InChI is InChI=1S/C11H11NOS/c1-7-4-9(12)5-10(11(7)13)8-2-3-14-6-8/h2-6,13H,12H2,1H3. The number of aryl methyl sites for hydroxylation is 1. The molecule has 0 aliphatic carbocycles. The first-order valence-corrected chi connectivity index (χ1v) is 5.24. The lowest BCUT2D eigenvalue weighted by molar-refractivity contribution is 0.473. The second kappa shape index (κ2) is 3.35. The van der Waals surface area contributed by atoms with Crippen molar-refractivity contribution in [2.75, 3.05) is 5.73 Å². The van der Waals surface area contributed by atoms with Gasteiger partial charge in [0, 0.05) is 11.3 Å². The van der Waals surface area contributed by atoms with Gasteiger partial charge in [-0.2, -0.15) is 11.3 Å². The quantitative estimate of drug-likeness (QED) is 0.555. The number of rotatable bonds is 1. The molecule has 0 bridgehead atoms. The minimum absolute atomic E-state index is 0.317. The Morgan fingerprint density at radius 2 is 2.14 bits per heavy atom. The Balaban J connectivity index is 2.64. The minimum atomic E-state index is 0.317. The van der Waals surface area contributed by atoms with Crippen LogP contribution in [-0.2, 0) is 0 Å². The zero-order valence-corrected chi connectivity index (χ0v) is 8.64. The summed E-state index contributed by atoms with van der Waals surface area (Å²) in [7, 11) is 0. The number of hydrogen-bond donors (Lipinski definition) is 2. The van der Waals surface area contributed by atoms with Gasteiger partial charge in [-0.05, 0) is 47.0 Å². The fraction of sp³-hybridized carbons (Fsp3) is 0.0909. The van der Waals surface area contributed by atoms with Crippen LogP contribution in [0.15, 0.2) is 29.0 Å². The molecule has 0 aliphatic rings. The Morgan fingerprint density at radius 3 is 2.79 bits per heavy atom. The van der Waals surface area contributed by atoms with Gasteiger partial charge in [0.15, 0.2) is 0 Å². The summed E-state index contributed by atoms with van der Waals surface area (Å²) in [6.07, 6.45) is 0. The fourth-order valence-electron chi connectivity index (χ4n) is 1.45. The maximum atomic E-state index is 9.84. The predicted molar refractivity (Wildman–Crippen MR) is 60.6 cm³/mol. The Labute approximate surface area is 86.6 Å². The van der Waals surface area contributed by atoms with Gasteiger partial charge in [0.2, 0.25) is 0 Å². The molecule has 3 heteroatoms. The number of hydrogen-bond acceptors (Lipinski definition) is 3. The summed E-state index contributed by atoms with van der Waals surface area (Å²) in [6, 6.07) is 5.54. The number of aromatic hydroxyl groups is 1. The lowest BCUT2D eigenvalue weighted by atomic mass is 10.0. The largest absolute Gasteiger partial charge is 0.507 e. The normalized spacial score (nSPS) is 10.4. The highest BCUT2D eigenvalue weighted by molar-refractivity contribution is 7.08. The van der Waals surface area contributed by atoms with Crippen LogP contribution in [0.4, 0.5) is 5.69 Å². The first-order valence-electron chi connectivity index (χ1n) is 4.30. The predicted octanol–water partition coefficient (Wildman–Crippen LogP) is 3.01. The van der Waals surface area contributed by atoms with Crippen LogP contribution < -0.4 is 5.73 Å². The molecule has 0 unspecified atom stereocenters. The highest BCUT2D eigenvalue weighted by atomic mass is 32.1. The molecule has 2 nitrogen and oxygen atoms in total. The van der Waals surface area contributed by atoms with Gasteiger partial charge in [-0.15, -0.1) is 0 Å². The van der Waals surface area contributed by atoms with Crippen molar-refractivity contribution in [1.82, 2.24) is 0 Å². The van der Waals surface area contributed by atoms with Crippen molar-refractivity contribution < 1.29 is 5.11 Å². The number of nitrogen functional groups attached to an aromatic ring is 1. The average molecular weight is 205 g/mol. The first-order chi connectivity index (χ1) is 6.68. The van der Waals surface area contributed by atoms with Crippen molar-refractivity contribution in [1.29, 1.82) is 0 Å². The molecule has 0 amide bonds. The van der Waals surface area contributed by atoms with Crippen molar-refractivity contribution in [2.24, 2.45) is 0 Å². The molecular weight excluding hydrogens is 194 g/mol. The second-order valence-electron chi connectivity index (χ2n) is 3.25. The Kier molecular flexibility index (Phi) is 2.17. The van der Waals surface area contributed by atoms with Crippen LogP contribution in [0, 0.1) is 6.92 Å². The molecule has 14 heavy (non-hydrogen) atoms. The van der Waals surface area contributed by atoms with Crippen molar-refractivity contribution in [2.45, 2.75) is 6.92 Å². The number of phenolic OH excluding ortho intramolecular Hbond substituents is 1. The van der Waals surface area contributed by atoms with Gasteiger partial charge in [-0.3, -0.25) is 0 Å². The summed E-state index contributed by atoms with van der Waals surface area (Å²) in [5.41, 5.74) is 9.05. The van der Waals surface area contributed by atoms with Crippen LogP contribution in [0.5, 0.6) is 5.75 Å². The third kappa shape index (κ3) is 1.46. The smallest absolute Gasteiger partial charge is 0.126 e. The van der Waals surface area contributed by atoms with Crippen LogP contribution in [0.1, 0.15) is 5.56 Å². The molecule has 1 aromatic carbocycles. The maximum absolute atomic E-state index is 9.84. The van der Waals surface area contributed by atoms with E-state index in [1.165, 1.54) is 0 Å². The molecule has 2 aromatic rings. The van der Waals surface area contributed by atoms with E-state index in [0.717, 1.165) is 16.7 Å². The SMILES string of the molecule is Cc1cc(N)cc(-c2ccsc2)c1O. The lowest BCUT2D eigenvalue weighted by Gasteiger charge is -2.06. The molecule has 2 rings (SSSR count). The van der Waals surface area contributed by atoms with Crippen molar-refractivity contribution in [3.63, 3.8) is 0 Å². The van der Waals surface area contributed by atoms with Gasteiger partial charge in [0.05, 0.1) is 0 Å². The van der Waals surface area contributed by atoms with Crippen LogP contribution in [-0.4, -0.2) is 5.11 Å². The van der Waals surface area contributed by atoms with Gasteiger partial charge in [0.1, 0.15) is 5.75 Å². The van der Waals surface area contributed by atoms with E-state index in [4.69, 9.17) is 5.73 Å². The van der Waals surface area contributed by atoms with Crippen LogP contribution in [0.25, 0.3) is 11.1 Å². The van der Waals surface area contributed by atoms with E-state index in [-0.39, 0.29) is 0 Å². The molecule has 0 saturated carbocycles. The number of nitrogens with two attached hydrogens (primary N) is 1. The zero-order chi connectivity index (χ0) is 10.1. The number of anilines is 1. The monoisotopic (exact) mass is 205 g/mol. The fourth-order valence-corrected chi connectivity index (χ4v) is 2.10. The topological polar surface area (TPSA) is 46.2 Å². The number of thiophene rings is 1. The third-order valence-electron chi connectivity index (χ3n) is 2.15. The number of phenols is 1. The van der Waals surface area contributed by atoms with E-state index in [1.54, 1.807) is 23.5 Å². The zero-order valence-electron chi connectivity index (χ0n) is 7.82. The van der Waals surface area contributed by atoms with E-state index < -0.39 is 0 Å². The third-order valence-corrected chi connectivity index (χ3v) is 2.84. The minimum Gasteiger partial charge on any atom is -0.507 e. The molecule has 72 valence electrons. The molecule has 0 spiro atoms. The molecular formula is C11H11NOS. The van der Waals surface area contributed by atoms with Crippen LogP contribution in [0.3, 0.4) is 0 Å². The first kappa shape index (κ1) is 9.09. The van der Waals surface area contributed by atoms with Crippen molar-refractivity contribution in [3.05, 3.63) is 34.5 Å². The summed E-state index contributed by atoms with van der Waals surface area (Å²) in [5, 5.41) is 13.8. The Bertz CT molecular complexity index is 449. The van der Waals surface area contributed by atoms with Gasteiger partial charge in [-0.1, -0.05) is 0 Å². The van der Waals surface area contributed by atoms with Crippen molar-refractivity contribution >= 4 is 17.0 Å². The van der Waals surface area contributed by atoms with E-state index in [2.05, 4.69) is 0 Å². The van der Waals surface area contributed by atoms with Crippen molar-refractivity contribution in [3.8, 4) is 16.9 Å². The molecule has 3 N–H and O–H groups in total. The van der Waals surface area contributed by atoms with Gasteiger partial charge < -0.3 is 10.8 Å². The number of benzene rings is 1. The summed E-state index contributed by atoms with van der Waals surface area (Å²) in [5.74, 6) is 0.317. The van der Waals surface area contributed by atoms with Gasteiger partial charge >= 0.3 is 0 Å². The summed E-state index contributed by atoms with van der Waals surface area (Å²) in [4.78, 5) is 0. The molecule has 1 aromatic heterocycles. The summed E-state index contributed by atoms with van der Waals surface area (Å²) in [6.45, 7) is 1.85. The molecule has 0 saturated heterocycles.